The molecule has 0 unspecified atom stereocenters. The number of primary amides is 1. The van der Waals surface area contributed by atoms with Crippen molar-refractivity contribution >= 4 is 11.9 Å². The molecule has 7 heteroatoms. The number of nitrogens with zero attached hydrogens (tertiary/aromatic N) is 1. The third-order valence-corrected chi connectivity index (χ3v) is 3.77. The molecule has 1 fully saturated rings. The standard InChI is InChI=1S/C16H22FN3O3/c17-13-5-1-2-6-14(13)23-11-12-4-3-9-20(10-12)16(22)19-8-7-15(18)21/h1-2,5-6,12H,3-4,7-11H2,(H2,18,21)(H,19,22)/t12-/m0/s1. The smallest absolute Gasteiger partial charge is 0.317 e. The molecule has 1 aromatic rings. The van der Waals surface area contributed by atoms with Crippen molar-refractivity contribution in [3.63, 3.8) is 0 Å². The number of hydrogen-bond donors (Lipinski definition) is 2. The number of hydrogen-bond acceptors (Lipinski definition) is 3. The third kappa shape index (κ3) is 5.43. The molecule has 1 saturated heterocycles. The maximum absolute atomic E-state index is 13.5. The minimum atomic E-state index is -0.444. The highest BCUT2D eigenvalue weighted by atomic mass is 19.1. The van der Waals surface area contributed by atoms with Crippen molar-refractivity contribution in [1.82, 2.24) is 10.2 Å². The molecule has 0 saturated carbocycles. The second-order valence-corrected chi connectivity index (χ2v) is 5.64. The molecule has 3 N–H and O–H groups in total. The first kappa shape index (κ1) is 17.1. The molecule has 0 spiro atoms. The minimum absolute atomic E-state index is 0.124. The van der Waals surface area contributed by atoms with Gasteiger partial charge in [0.05, 0.1) is 6.61 Å². The lowest BCUT2D eigenvalue weighted by Gasteiger charge is -2.32. The second kappa shape index (κ2) is 8.36. The largest absolute Gasteiger partial charge is 0.490 e. The molecule has 3 amide bonds. The Balaban J connectivity index is 1.77. The molecular weight excluding hydrogens is 301 g/mol. The van der Waals surface area contributed by atoms with Crippen LogP contribution < -0.4 is 15.8 Å². The zero-order valence-corrected chi connectivity index (χ0v) is 13.0. The van der Waals surface area contributed by atoms with Gasteiger partial charge in [0, 0.05) is 32.0 Å². The number of urea groups is 1. The lowest BCUT2D eigenvalue weighted by Crippen LogP contribution is -2.47. The number of amides is 3. The van der Waals surface area contributed by atoms with Gasteiger partial charge in [-0.15, -0.1) is 0 Å². The summed E-state index contributed by atoms with van der Waals surface area (Å²) < 4.78 is 19.0. The van der Waals surface area contributed by atoms with Crippen LogP contribution in [0.3, 0.4) is 0 Å². The van der Waals surface area contributed by atoms with Crippen molar-refractivity contribution in [1.29, 1.82) is 0 Å². The summed E-state index contributed by atoms with van der Waals surface area (Å²) >= 11 is 0. The molecule has 0 aliphatic carbocycles. The van der Waals surface area contributed by atoms with Gasteiger partial charge in [0.15, 0.2) is 11.6 Å². The van der Waals surface area contributed by atoms with Crippen LogP contribution in [0, 0.1) is 11.7 Å². The van der Waals surface area contributed by atoms with Gasteiger partial charge in [-0.2, -0.15) is 0 Å². The Morgan fingerprint density at radius 2 is 2.17 bits per heavy atom. The Hall–Kier alpha value is -2.31. The van der Waals surface area contributed by atoms with Gasteiger partial charge in [-0.05, 0) is 25.0 Å². The summed E-state index contributed by atoms with van der Waals surface area (Å²) in [5, 5.41) is 2.67. The van der Waals surface area contributed by atoms with Gasteiger partial charge in [-0.3, -0.25) is 4.79 Å². The van der Waals surface area contributed by atoms with E-state index in [0.717, 1.165) is 12.8 Å². The molecule has 1 aliphatic heterocycles. The number of piperidine rings is 1. The normalized spacial score (nSPS) is 17.6. The first-order chi connectivity index (χ1) is 11.1. The Labute approximate surface area is 134 Å². The molecule has 23 heavy (non-hydrogen) atoms. The first-order valence-corrected chi connectivity index (χ1v) is 7.74. The van der Waals surface area contributed by atoms with Crippen molar-refractivity contribution in [3.05, 3.63) is 30.1 Å². The lowest BCUT2D eigenvalue weighted by atomic mass is 9.99. The van der Waals surface area contributed by atoms with Gasteiger partial charge >= 0.3 is 6.03 Å². The van der Waals surface area contributed by atoms with Gasteiger partial charge in [0.1, 0.15) is 0 Å². The zero-order valence-electron chi connectivity index (χ0n) is 13.0. The van der Waals surface area contributed by atoms with E-state index in [2.05, 4.69) is 5.32 Å². The van der Waals surface area contributed by atoms with Crippen molar-refractivity contribution in [2.45, 2.75) is 19.3 Å². The van der Waals surface area contributed by atoms with E-state index in [1.54, 1.807) is 23.1 Å². The van der Waals surface area contributed by atoms with E-state index in [4.69, 9.17) is 10.5 Å². The molecule has 0 aromatic heterocycles. The monoisotopic (exact) mass is 323 g/mol. The van der Waals surface area contributed by atoms with Crippen LogP contribution >= 0.6 is 0 Å². The van der Waals surface area contributed by atoms with Gasteiger partial charge in [-0.25, -0.2) is 9.18 Å². The molecular formula is C16H22FN3O3. The van der Waals surface area contributed by atoms with E-state index in [9.17, 15) is 14.0 Å². The van der Waals surface area contributed by atoms with Crippen LogP contribution in [0.2, 0.25) is 0 Å². The molecule has 1 aliphatic rings. The summed E-state index contributed by atoms with van der Waals surface area (Å²) in [5.41, 5.74) is 5.04. The van der Waals surface area contributed by atoms with Crippen LogP contribution in [0.1, 0.15) is 19.3 Å². The van der Waals surface area contributed by atoms with Crippen LogP contribution in [-0.4, -0.2) is 43.1 Å². The fourth-order valence-electron chi connectivity index (χ4n) is 2.56. The predicted molar refractivity (Wildman–Crippen MR) is 83.4 cm³/mol. The molecule has 126 valence electrons. The van der Waals surface area contributed by atoms with E-state index in [1.165, 1.54) is 6.07 Å². The fraction of sp³-hybridized carbons (Fsp3) is 0.500. The van der Waals surface area contributed by atoms with E-state index in [1.807, 2.05) is 0 Å². The number of ether oxygens (including phenoxy) is 1. The Morgan fingerprint density at radius 3 is 2.91 bits per heavy atom. The summed E-state index contributed by atoms with van der Waals surface area (Å²) in [6, 6.07) is 6.07. The number of rotatable bonds is 6. The number of para-hydroxylation sites is 1. The highest BCUT2D eigenvalue weighted by Gasteiger charge is 2.24. The number of carbonyl (C=O) groups is 2. The summed E-state index contributed by atoms with van der Waals surface area (Å²) in [6.07, 6.45) is 1.92. The van der Waals surface area contributed by atoms with Gasteiger partial charge in [0.25, 0.3) is 0 Å². The summed E-state index contributed by atoms with van der Waals surface area (Å²) in [7, 11) is 0. The third-order valence-electron chi connectivity index (χ3n) is 3.77. The molecule has 2 rings (SSSR count). The van der Waals surface area contributed by atoms with Gasteiger partial charge in [-0.1, -0.05) is 12.1 Å². The highest BCUT2D eigenvalue weighted by molar-refractivity contribution is 5.77. The fourth-order valence-corrected chi connectivity index (χ4v) is 2.56. The van der Waals surface area contributed by atoms with Crippen LogP contribution in [0.4, 0.5) is 9.18 Å². The van der Waals surface area contributed by atoms with E-state index in [0.29, 0.717) is 19.7 Å². The number of likely N-dealkylation sites (tertiary alicyclic amines) is 1. The summed E-state index contributed by atoms with van der Waals surface area (Å²) in [4.78, 5) is 24.4. The summed E-state index contributed by atoms with van der Waals surface area (Å²) in [6.45, 7) is 1.82. The maximum Gasteiger partial charge on any atom is 0.317 e. The summed E-state index contributed by atoms with van der Waals surface area (Å²) in [5.74, 6) is -0.440. The van der Waals surface area contributed by atoms with Crippen LogP contribution in [0.5, 0.6) is 5.75 Å². The topological polar surface area (TPSA) is 84.7 Å². The number of nitrogens with one attached hydrogen (secondary N) is 1. The quantitative estimate of drug-likeness (QED) is 0.832. The second-order valence-electron chi connectivity index (χ2n) is 5.64. The number of nitrogens with two attached hydrogens (primary N) is 1. The van der Waals surface area contributed by atoms with Crippen LogP contribution in [0.25, 0.3) is 0 Å². The maximum atomic E-state index is 13.5. The van der Waals surface area contributed by atoms with Crippen molar-refractivity contribution in [3.8, 4) is 5.75 Å². The van der Waals surface area contributed by atoms with Crippen LogP contribution in [0.15, 0.2) is 24.3 Å². The van der Waals surface area contributed by atoms with E-state index >= 15 is 0 Å². The highest BCUT2D eigenvalue weighted by Crippen LogP contribution is 2.20. The van der Waals surface area contributed by atoms with Crippen LogP contribution in [-0.2, 0) is 4.79 Å². The molecule has 1 heterocycles. The van der Waals surface area contributed by atoms with E-state index < -0.39 is 5.91 Å². The minimum Gasteiger partial charge on any atom is -0.490 e. The number of halogens is 1. The number of benzene rings is 1. The number of carbonyl (C=O) groups excluding carboxylic acids is 2. The molecule has 0 bridgehead atoms. The van der Waals surface area contributed by atoms with Gasteiger partial charge < -0.3 is 20.7 Å². The predicted octanol–water partition coefficient (Wildman–Crippen LogP) is 1.50. The zero-order chi connectivity index (χ0) is 16.7. The Kier molecular flexibility index (Phi) is 6.19. The molecule has 1 aromatic carbocycles. The lowest BCUT2D eigenvalue weighted by molar-refractivity contribution is -0.117. The first-order valence-electron chi connectivity index (χ1n) is 7.74. The Bertz CT molecular complexity index is 553. The van der Waals surface area contributed by atoms with Crippen molar-refractivity contribution in [2.75, 3.05) is 26.2 Å². The average molecular weight is 323 g/mol. The van der Waals surface area contributed by atoms with Gasteiger partial charge in [0.2, 0.25) is 5.91 Å². The van der Waals surface area contributed by atoms with Crippen molar-refractivity contribution in [2.24, 2.45) is 11.7 Å². The molecule has 1 atom stereocenters. The van der Waals surface area contributed by atoms with Crippen molar-refractivity contribution < 1.29 is 18.7 Å². The molecule has 0 radical (unpaired) electrons. The average Bonchev–Trinajstić information content (AvgIpc) is 2.54. The SMILES string of the molecule is NC(=O)CCNC(=O)N1CCC[C@H](COc2ccccc2F)C1. The Morgan fingerprint density at radius 1 is 1.39 bits per heavy atom. The van der Waals surface area contributed by atoms with E-state index in [-0.39, 0.29) is 36.5 Å². The molecule has 6 nitrogen and oxygen atoms in total.